The number of nitrogens with one attached hydrogen (secondary N) is 2. The molecular formula is C22H31N5O2. The van der Waals surface area contributed by atoms with Crippen LogP contribution in [0.25, 0.3) is 10.9 Å². The number of amides is 1. The minimum absolute atomic E-state index is 0.156. The van der Waals surface area contributed by atoms with Crippen LogP contribution in [0.3, 0.4) is 0 Å². The maximum Gasteiger partial charge on any atom is 0.251 e. The van der Waals surface area contributed by atoms with Crippen molar-refractivity contribution in [3.63, 3.8) is 0 Å². The number of benzene rings is 1. The first-order valence-electron chi connectivity index (χ1n) is 10.7. The van der Waals surface area contributed by atoms with Gasteiger partial charge in [-0.15, -0.1) is 0 Å². The molecule has 2 saturated heterocycles. The number of H-pyrrole nitrogens is 1. The van der Waals surface area contributed by atoms with Crippen LogP contribution in [0.4, 0.5) is 0 Å². The van der Waals surface area contributed by atoms with Crippen molar-refractivity contribution in [1.82, 2.24) is 20.1 Å². The molecule has 3 heterocycles. The molecule has 1 aromatic carbocycles. The van der Waals surface area contributed by atoms with Gasteiger partial charge in [0.2, 0.25) is 0 Å². The molecule has 0 radical (unpaired) electrons. The number of guanidine groups is 1. The Labute approximate surface area is 172 Å². The first-order chi connectivity index (χ1) is 14.3. The van der Waals surface area contributed by atoms with E-state index in [-0.39, 0.29) is 12.0 Å². The molecule has 2 aliphatic rings. The van der Waals surface area contributed by atoms with Gasteiger partial charge in [-0.1, -0.05) is 18.2 Å². The fourth-order valence-electron chi connectivity index (χ4n) is 4.26. The number of ether oxygens (including phenoxy) is 1. The van der Waals surface area contributed by atoms with Gasteiger partial charge in [0.05, 0.1) is 0 Å². The summed E-state index contributed by atoms with van der Waals surface area (Å²) in [6.07, 6.45) is 5.81. The number of hydrogen-bond acceptors (Lipinski definition) is 3. The number of carbonyl (C=O) groups is 1. The Balaban J connectivity index is 1.21. The molecular weight excluding hydrogens is 366 g/mol. The van der Waals surface area contributed by atoms with E-state index < -0.39 is 0 Å². The lowest BCUT2D eigenvalue weighted by molar-refractivity contribution is -0.142. The molecule has 1 atom stereocenters. The molecule has 1 unspecified atom stereocenters. The minimum Gasteiger partial charge on any atom is -0.368 e. The van der Waals surface area contributed by atoms with Crippen molar-refractivity contribution in [3.8, 4) is 0 Å². The Morgan fingerprint density at radius 2 is 2.03 bits per heavy atom. The third-order valence-corrected chi connectivity index (χ3v) is 5.89. The molecule has 0 spiro atoms. The molecule has 2 N–H and O–H groups in total. The Bertz CT molecular complexity index is 848. The summed E-state index contributed by atoms with van der Waals surface area (Å²) in [5, 5.41) is 4.80. The predicted molar refractivity (Wildman–Crippen MR) is 115 cm³/mol. The van der Waals surface area contributed by atoms with Gasteiger partial charge in [0.25, 0.3) is 5.91 Å². The third kappa shape index (κ3) is 4.56. The fraction of sp³-hybridized carbons (Fsp3) is 0.545. The molecule has 7 heteroatoms. The summed E-state index contributed by atoms with van der Waals surface area (Å²) in [5.74, 6) is 1.08. The largest absolute Gasteiger partial charge is 0.368 e. The standard InChI is InChI=1S/C22H31N5O2/c1-23-22(24-10-4-6-17-16-25-19-8-3-2-7-18(17)19)27-13-11-26(12-14-27)21(28)20-9-5-15-29-20/h2-3,7-8,16,20,25H,4-6,9-15H2,1H3,(H,23,24). The number of para-hydroxylation sites is 1. The van der Waals surface area contributed by atoms with Gasteiger partial charge in [-0.25, -0.2) is 0 Å². The number of rotatable bonds is 5. The Kier molecular flexibility index (Phi) is 6.34. The lowest BCUT2D eigenvalue weighted by Crippen LogP contribution is -2.55. The Morgan fingerprint density at radius 1 is 1.24 bits per heavy atom. The SMILES string of the molecule is CN=C(NCCCc1c[nH]c2ccccc12)N1CCN(C(=O)C2CCCO2)CC1. The highest BCUT2D eigenvalue weighted by Crippen LogP contribution is 2.19. The van der Waals surface area contributed by atoms with E-state index >= 15 is 0 Å². The summed E-state index contributed by atoms with van der Waals surface area (Å²) < 4.78 is 5.54. The van der Waals surface area contributed by atoms with E-state index in [0.29, 0.717) is 6.61 Å². The van der Waals surface area contributed by atoms with Crippen LogP contribution < -0.4 is 5.32 Å². The smallest absolute Gasteiger partial charge is 0.251 e. The first kappa shape index (κ1) is 19.8. The molecule has 1 amide bonds. The molecule has 0 saturated carbocycles. The van der Waals surface area contributed by atoms with E-state index in [1.165, 1.54) is 16.5 Å². The zero-order valence-electron chi connectivity index (χ0n) is 17.2. The van der Waals surface area contributed by atoms with Crippen LogP contribution in [0.1, 0.15) is 24.8 Å². The van der Waals surface area contributed by atoms with Gasteiger partial charge in [-0.05, 0) is 37.3 Å². The van der Waals surface area contributed by atoms with Gasteiger partial charge < -0.3 is 24.8 Å². The maximum absolute atomic E-state index is 12.5. The number of aryl methyl sites for hydroxylation is 1. The summed E-state index contributed by atoms with van der Waals surface area (Å²) >= 11 is 0. The number of aromatic nitrogens is 1. The summed E-state index contributed by atoms with van der Waals surface area (Å²) in [6, 6.07) is 8.43. The number of hydrogen-bond donors (Lipinski definition) is 2. The van der Waals surface area contributed by atoms with E-state index in [4.69, 9.17) is 4.74 Å². The van der Waals surface area contributed by atoms with Gasteiger partial charge in [0.1, 0.15) is 6.10 Å². The van der Waals surface area contributed by atoms with E-state index in [2.05, 4.69) is 50.7 Å². The normalized spacial score (nSPS) is 20.4. The van der Waals surface area contributed by atoms with E-state index in [1.807, 2.05) is 11.9 Å². The highest BCUT2D eigenvalue weighted by atomic mass is 16.5. The number of nitrogens with zero attached hydrogens (tertiary/aromatic N) is 3. The monoisotopic (exact) mass is 397 g/mol. The second-order valence-corrected chi connectivity index (χ2v) is 7.75. The van der Waals surface area contributed by atoms with E-state index in [9.17, 15) is 4.79 Å². The fourth-order valence-corrected chi connectivity index (χ4v) is 4.26. The summed E-state index contributed by atoms with van der Waals surface area (Å²) in [4.78, 5) is 24.5. The van der Waals surface area contributed by atoms with Crippen molar-refractivity contribution in [2.45, 2.75) is 31.8 Å². The highest BCUT2D eigenvalue weighted by Gasteiger charge is 2.30. The summed E-state index contributed by atoms with van der Waals surface area (Å²) in [5.41, 5.74) is 2.56. The minimum atomic E-state index is -0.219. The average Bonchev–Trinajstić information content (AvgIpc) is 3.44. The zero-order chi connectivity index (χ0) is 20.1. The molecule has 0 aliphatic carbocycles. The van der Waals surface area contributed by atoms with Crippen molar-refractivity contribution < 1.29 is 9.53 Å². The predicted octanol–water partition coefficient (Wildman–Crippen LogP) is 2.00. The van der Waals surface area contributed by atoms with Crippen LogP contribution >= 0.6 is 0 Å². The number of piperazine rings is 1. The Morgan fingerprint density at radius 3 is 2.79 bits per heavy atom. The molecule has 1 aromatic heterocycles. The van der Waals surface area contributed by atoms with E-state index in [1.54, 1.807) is 0 Å². The van der Waals surface area contributed by atoms with Crippen LogP contribution in [-0.4, -0.2) is 79.1 Å². The Hall–Kier alpha value is -2.54. The van der Waals surface area contributed by atoms with Crippen molar-refractivity contribution in [2.75, 3.05) is 46.4 Å². The molecule has 2 fully saturated rings. The van der Waals surface area contributed by atoms with E-state index in [0.717, 1.165) is 64.4 Å². The van der Waals surface area contributed by atoms with Crippen LogP contribution in [-0.2, 0) is 16.0 Å². The molecule has 156 valence electrons. The van der Waals surface area contributed by atoms with Crippen LogP contribution in [0.5, 0.6) is 0 Å². The van der Waals surface area contributed by atoms with Gasteiger partial charge in [-0.3, -0.25) is 9.79 Å². The van der Waals surface area contributed by atoms with Gasteiger partial charge in [0, 0.05) is 63.5 Å². The van der Waals surface area contributed by atoms with Crippen molar-refractivity contribution in [1.29, 1.82) is 0 Å². The third-order valence-electron chi connectivity index (χ3n) is 5.89. The molecule has 0 bridgehead atoms. The lowest BCUT2D eigenvalue weighted by atomic mass is 10.1. The summed E-state index contributed by atoms with van der Waals surface area (Å²) in [6.45, 7) is 4.66. The molecule has 7 nitrogen and oxygen atoms in total. The number of fused-ring (bicyclic) bond motifs is 1. The van der Waals surface area contributed by atoms with Crippen molar-refractivity contribution >= 4 is 22.8 Å². The quantitative estimate of drug-likeness (QED) is 0.460. The number of aliphatic imine (C=N–C) groups is 1. The molecule has 4 rings (SSSR count). The van der Waals surface area contributed by atoms with Crippen LogP contribution in [0.2, 0.25) is 0 Å². The maximum atomic E-state index is 12.5. The van der Waals surface area contributed by atoms with Gasteiger partial charge in [-0.2, -0.15) is 0 Å². The van der Waals surface area contributed by atoms with Crippen molar-refractivity contribution in [3.05, 3.63) is 36.0 Å². The number of carbonyl (C=O) groups excluding carboxylic acids is 1. The number of aromatic amines is 1. The van der Waals surface area contributed by atoms with Crippen LogP contribution in [0, 0.1) is 0 Å². The second kappa shape index (κ2) is 9.31. The van der Waals surface area contributed by atoms with Gasteiger partial charge >= 0.3 is 0 Å². The second-order valence-electron chi connectivity index (χ2n) is 7.75. The molecule has 29 heavy (non-hydrogen) atoms. The molecule has 2 aromatic rings. The average molecular weight is 398 g/mol. The molecule has 2 aliphatic heterocycles. The summed E-state index contributed by atoms with van der Waals surface area (Å²) in [7, 11) is 1.83. The first-order valence-corrected chi connectivity index (χ1v) is 10.7. The van der Waals surface area contributed by atoms with Crippen molar-refractivity contribution in [2.24, 2.45) is 4.99 Å². The zero-order valence-corrected chi connectivity index (χ0v) is 17.2. The van der Waals surface area contributed by atoms with Gasteiger partial charge in [0.15, 0.2) is 5.96 Å². The lowest BCUT2D eigenvalue weighted by Gasteiger charge is -2.37. The van der Waals surface area contributed by atoms with Crippen LogP contribution in [0.15, 0.2) is 35.5 Å². The topological polar surface area (TPSA) is 73.0 Å². The highest BCUT2D eigenvalue weighted by molar-refractivity contribution is 5.83.